The van der Waals surface area contributed by atoms with Crippen molar-refractivity contribution in [2.75, 3.05) is 19.6 Å². The molecule has 1 aromatic rings. The molecule has 0 N–H and O–H groups in total. The molecule has 1 heterocycles. The molecule has 0 aromatic carbocycles. The molecule has 1 fully saturated rings. The van der Waals surface area contributed by atoms with Gasteiger partial charge in [0.1, 0.15) is 11.5 Å². The summed E-state index contributed by atoms with van der Waals surface area (Å²) in [6.45, 7) is 4.95. The monoisotopic (exact) mass is 250 g/mol. The Balaban J connectivity index is 1.80. The standard InChI is InChI=1S/C14H19FN2O/c1-2-17(10-11-3-4-11)8-7-14(18)13-6-5-12(15)9-16-13/h5-6,9,11H,2-4,7-8,10H2,1H3. The molecule has 1 aromatic heterocycles. The zero-order valence-electron chi connectivity index (χ0n) is 10.7. The first-order valence-corrected chi connectivity index (χ1v) is 6.56. The predicted molar refractivity (Wildman–Crippen MR) is 68.0 cm³/mol. The lowest BCUT2D eigenvalue weighted by atomic mass is 10.2. The Bertz CT molecular complexity index is 401. The molecule has 2 rings (SSSR count). The van der Waals surface area contributed by atoms with Crippen LogP contribution in [0.5, 0.6) is 0 Å². The second kappa shape index (κ2) is 6.05. The van der Waals surface area contributed by atoms with Crippen molar-refractivity contribution in [2.45, 2.75) is 26.2 Å². The van der Waals surface area contributed by atoms with E-state index >= 15 is 0 Å². The summed E-state index contributed by atoms with van der Waals surface area (Å²) in [5, 5.41) is 0. The fraction of sp³-hybridized carbons (Fsp3) is 0.571. The molecule has 0 spiro atoms. The quantitative estimate of drug-likeness (QED) is 0.697. The van der Waals surface area contributed by atoms with Crippen molar-refractivity contribution in [2.24, 2.45) is 5.92 Å². The highest BCUT2D eigenvalue weighted by Gasteiger charge is 2.23. The van der Waals surface area contributed by atoms with E-state index in [0.717, 1.165) is 31.7 Å². The molecule has 0 bridgehead atoms. The Hall–Kier alpha value is -1.29. The molecule has 18 heavy (non-hydrogen) atoms. The molecule has 0 aliphatic heterocycles. The maximum Gasteiger partial charge on any atom is 0.182 e. The van der Waals surface area contributed by atoms with Crippen LogP contribution in [0.4, 0.5) is 4.39 Å². The summed E-state index contributed by atoms with van der Waals surface area (Å²) in [5.74, 6) is 0.420. The van der Waals surface area contributed by atoms with Gasteiger partial charge in [-0.15, -0.1) is 0 Å². The van der Waals surface area contributed by atoms with Gasteiger partial charge < -0.3 is 4.90 Å². The summed E-state index contributed by atoms with van der Waals surface area (Å²) in [6.07, 6.45) is 4.20. The Morgan fingerprint density at radius 2 is 2.28 bits per heavy atom. The average Bonchev–Trinajstić information content (AvgIpc) is 3.18. The number of carbonyl (C=O) groups excluding carboxylic acids is 1. The SMILES string of the molecule is CCN(CCC(=O)c1ccc(F)cn1)CC1CC1. The van der Waals surface area contributed by atoms with E-state index in [1.807, 2.05) is 0 Å². The summed E-state index contributed by atoms with van der Waals surface area (Å²) in [5.41, 5.74) is 0.360. The summed E-state index contributed by atoms with van der Waals surface area (Å²) >= 11 is 0. The third-order valence-electron chi connectivity index (χ3n) is 3.33. The van der Waals surface area contributed by atoms with E-state index < -0.39 is 5.82 Å². The maximum absolute atomic E-state index is 12.7. The zero-order chi connectivity index (χ0) is 13.0. The van der Waals surface area contributed by atoms with Crippen LogP contribution < -0.4 is 0 Å². The number of nitrogens with zero attached hydrogens (tertiary/aromatic N) is 2. The third-order valence-corrected chi connectivity index (χ3v) is 3.33. The Morgan fingerprint density at radius 1 is 1.50 bits per heavy atom. The number of aromatic nitrogens is 1. The second-order valence-corrected chi connectivity index (χ2v) is 4.87. The molecule has 0 saturated heterocycles. The summed E-state index contributed by atoms with van der Waals surface area (Å²) in [7, 11) is 0. The van der Waals surface area contributed by atoms with Gasteiger partial charge in [-0.3, -0.25) is 9.78 Å². The number of hydrogen-bond acceptors (Lipinski definition) is 3. The number of rotatable bonds is 7. The van der Waals surface area contributed by atoms with Crippen LogP contribution in [0.3, 0.4) is 0 Å². The van der Waals surface area contributed by atoms with E-state index in [-0.39, 0.29) is 5.78 Å². The molecule has 4 heteroatoms. The van der Waals surface area contributed by atoms with Crippen molar-refractivity contribution in [3.8, 4) is 0 Å². The van der Waals surface area contributed by atoms with Crippen LogP contribution in [0.1, 0.15) is 36.7 Å². The number of carbonyl (C=O) groups is 1. The Morgan fingerprint density at radius 3 is 2.83 bits per heavy atom. The van der Waals surface area contributed by atoms with Crippen molar-refractivity contribution in [1.82, 2.24) is 9.88 Å². The lowest BCUT2D eigenvalue weighted by Crippen LogP contribution is -2.28. The van der Waals surface area contributed by atoms with Gasteiger partial charge in [0, 0.05) is 19.5 Å². The molecule has 0 unspecified atom stereocenters. The first-order valence-electron chi connectivity index (χ1n) is 6.56. The van der Waals surface area contributed by atoms with Crippen molar-refractivity contribution in [1.29, 1.82) is 0 Å². The molecule has 1 saturated carbocycles. The fourth-order valence-corrected chi connectivity index (χ4v) is 1.97. The fourth-order valence-electron chi connectivity index (χ4n) is 1.97. The van der Waals surface area contributed by atoms with Gasteiger partial charge in [0.05, 0.1) is 6.20 Å². The minimum Gasteiger partial charge on any atom is -0.303 e. The van der Waals surface area contributed by atoms with Crippen LogP contribution >= 0.6 is 0 Å². The highest BCUT2D eigenvalue weighted by molar-refractivity contribution is 5.94. The topological polar surface area (TPSA) is 33.2 Å². The zero-order valence-corrected chi connectivity index (χ0v) is 10.7. The molecule has 0 atom stereocenters. The van der Waals surface area contributed by atoms with E-state index in [1.165, 1.54) is 25.0 Å². The maximum atomic E-state index is 12.7. The average molecular weight is 250 g/mol. The van der Waals surface area contributed by atoms with Gasteiger partial charge in [-0.1, -0.05) is 6.92 Å². The van der Waals surface area contributed by atoms with Crippen LogP contribution in [0.15, 0.2) is 18.3 Å². The molecule has 3 nitrogen and oxygen atoms in total. The number of ketones is 1. The van der Waals surface area contributed by atoms with Crippen LogP contribution in [0, 0.1) is 11.7 Å². The van der Waals surface area contributed by atoms with E-state index in [2.05, 4.69) is 16.8 Å². The largest absolute Gasteiger partial charge is 0.303 e. The first kappa shape index (κ1) is 13.1. The highest BCUT2D eigenvalue weighted by atomic mass is 19.1. The first-order chi connectivity index (χ1) is 8.69. The predicted octanol–water partition coefficient (Wildman–Crippen LogP) is 2.53. The minimum absolute atomic E-state index is 0.00996. The number of hydrogen-bond donors (Lipinski definition) is 0. The van der Waals surface area contributed by atoms with Crippen LogP contribution in [-0.4, -0.2) is 35.3 Å². The van der Waals surface area contributed by atoms with Crippen molar-refractivity contribution < 1.29 is 9.18 Å². The van der Waals surface area contributed by atoms with Crippen LogP contribution in [-0.2, 0) is 0 Å². The van der Waals surface area contributed by atoms with Crippen LogP contribution in [0.25, 0.3) is 0 Å². The lowest BCUT2D eigenvalue weighted by Gasteiger charge is -2.19. The normalized spacial score (nSPS) is 15.1. The van der Waals surface area contributed by atoms with Gasteiger partial charge in [0.15, 0.2) is 5.78 Å². The smallest absolute Gasteiger partial charge is 0.182 e. The van der Waals surface area contributed by atoms with E-state index in [0.29, 0.717) is 12.1 Å². The van der Waals surface area contributed by atoms with Crippen molar-refractivity contribution in [3.05, 3.63) is 29.8 Å². The third kappa shape index (κ3) is 3.88. The summed E-state index contributed by atoms with van der Waals surface area (Å²) in [6, 6.07) is 2.73. The highest BCUT2D eigenvalue weighted by Crippen LogP contribution is 2.29. The Kier molecular flexibility index (Phi) is 4.42. The second-order valence-electron chi connectivity index (χ2n) is 4.87. The summed E-state index contributed by atoms with van der Waals surface area (Å²) in [4.78, 5) is 18.0. The van der Waals surface area contributed by atoms with E-state index in [9.17, 15) is 9.18 Å². The molecule has 1 aliphatic carbocycles. The molecule has 98 valence electrons. The van der Waals surface area contributed by atoms with Crippen molar-refractivity contribution in [3.63, 3.8) is 0 Å². The number of halogens is 1. The van der Waals surface area contributed by atoms with Gasteiger partial charge >= 0.3 is 0 Å². The molecule has 1 aliphatic rings. The van der Waals surface area contributed by atoms with E-state index in [1.54, 1.807) is 0 Å². The molecular weight excluding hydrogens is 231 g/mol. The number of Topliss-reactive ketones (excluding diaryl/α,β-unsaturated/α-hetero) is 1. The molecule has 0 amide bonds. The van der Waals surface area contributed by atoms with Crippen LogP contribution in [0.2, 0.25) is 0 Å². The van der Waals surface area contributed by atoms with Gasteiger partial charge in [-0.2, -0.15) is 0 Å². The van der Waals surface area contributed by atoms with Crippen molar-refractivity contribution >= 4 is 5.78 Å². The van der Waals surface area contributed by atoms with Gasteiger partial charge in [-0.25, -0.2) is 4.39 Å². The van der Waals surface area contributed by atoms with Gasteiger partial charge in [0.2, 0.25) is 0 Å². The number of pyridine rings is 1. The minimum atomic E-state index is -0.407. The van der Waals surface area contributed by atoms with Gasteiger partial charge in [-0.05, 0) is 37.4 Å². The molecular formula is C14H19FN2O. The Labute approximate surface area is 107 Å². The summed E-state index contributed by atoms with van der Waals surface area (Å²) < 4.78 is 12.7. The van der Waals surface area contributed by atoms with Gasteiger partial charge in [0.25, 0.3) is 0 Å². The lowest BCUT2D eigenvalue weighted by molar-refractivity contribution is 0.0959. The van der Waals surface area contributed by atoms with E-state index in [4.69, 9.17) is 0 Å². The molecule has 0 radical (unpaired) electrons.